The van der Waals surface area contributed by atoms with Crippen molar-refractivity contribution in [2.24, 2.45) is 0 Å². The van der Waals surface area contributed by atoms with Crippen LogP contribution in [0, 0.1) is 0 Å². The second-order valence-corrected chi connectivity index (χ2v) is 3.80. The lowest BCUT2D eigenvalue weighted by atomic mass is 10.2. The molecule has 3 rings (SSSR count). The average Bonchev–Trinajstić information content (AvgIpc) is 2.94. The summed E-state index contributed by atoms with van der Waals surface area (Å²) in [6.07, 6.45) is 4.97. The van der Waals surface area contributed by atoms with E-state index in [9.17, 15) is 0 Å². The van der Waals surface area contributed by atoms with Crippen LogP contribution >= 0.6 is 0 Å². The van der Waals surface area contributed by atoms with E-state index in [4.69, 9.17) is 4.74 Å². The van der Waals surface area contributed by atoms with Crippen molar-refractivity contribution in [3.05, 3.63) is 36.3 Å². The number of nitrogens with zero attached hydrogens (tertiary/aromatic N) is 6. The molecule has 0 spiro atoms. The van der Waals surface area contributed by atoms with Gasteiger partial charge in [0.25, 0.3) is 0 Å². The van der Waals surface area contributed by atoms with Crippen LogP contribution in [-0.2, 0) is 6.54 Å². The van der Waals surface area contributed by atoms with Crippen molar-refractivity contribution in [1.29, 1.82) is 0 Å². The molecule has 0 saturated heterocycles. The Labute approximate surface area is 108 Å². The second-order valence-electron chi connectivity index (χ2n) is 3.80. The van der Waals surface area contributed by atoms with Crippen LogP contribution < -0.4 is 10.1 Å². The van der Waals surface area contributed by atoms with Gasteiger partial charge in [-0.1, -0.05) is 0 Å². The Hall–Kier alpha value is -2.77. The summed E-state index contributed by atoms with van der Waals surface area (Å²) in [5.74, 6) is 1.30. The Kier molecular flexibility index (Phi) is 2.89. The lowest BCUT2D eigenvalue weighted by Gasteiger charge is -2.07. The Bertz CT molecular complexity index is 696. The van der Waals surface area contributed by atoms with Crippen molar-refractivity contribution in [3.8, 4) is 5.88 Å². The number of fused-ring (bicyclic) bond motifs is 1. The zero-order valence-electron chi connectivity index (χ0n) is 10.2. The molecular formula is C11H11N7O. The molecule has 3 aromatic heterocycles. The first-order valence-corrected chi connectivity index (χ1v) is 5.62. The molecule has 0 unspecified atom stereocenters. The molecule has 0 aliphatic heterocycles. The molecule has 1 N–H and O–H groups in total. The molecule has 96 valence electrons. The molecule has 0 aliphatic carbocycles. The van der Waals surface area contributed by atoms with Gasteiger partial charge in [-0.2, -0.15) is 4.52 Å². The maximum Gasteiger partial charge on any atom is 0.213 e. The van der Waals surface area contributed by atoms with Crippen molar-refractivity contribution in [3.63, 3.8) is 0 Å². The Balaban J connectivity index is 1.80. The monoisotopic (exact) mass is 257 g/mol. The third-order valence-corrected chi connectivity index (χ3v) is 2.59. The van der Waals surface area contributed by atoms with Gasteiger partial charge in [0.1, 0.15) is 0 Å². The Morgan fingerprint density at radius 2 is 2.32 bits per heavy atom. The highest BCUT2D eigenvalue weighted by molar-refractivity contribution is 5.44. The molecule has 3 heterocycles. The quantitative estimate of drug-likeness (QED) is 0.729. The summed E-state index contributed by atoms with van der Waals surface area (Å²) in [5, 5.41) is 14.5. The number of hydrogen-bond donors (Lipinski definition) is 1. The van der Waals surface area contributed by atoms with Crippen LogP contribution in [0.15, 0.2) is 30.7 Å². The standard InChI is InChI=1S/C11H11N7O/c1-19-11-4-8(2-3-13-11)5-14-9-6-12-7-10-15-16-17-18(9)10/h2-4,6-7,14H,5H2,1H3. The van der Waals surface area contributed by atoms with Crippen molar-refractivity contribution < 1.29 is 4.74 Å². The SMILES string of the molecule is COc1cc(CNc2cncc3nnnn23)ccn1. The lowest BCUT2D eigenvalue weighted by molar-refractivity contribution is 0.397. The fourth-order valence-corrected chi connectivity index (χ4v) is 1.66. The van der Waals surface area contributed by atoms with E-state index in [1.165, 1.54) is 0 Å². The second kappa shape index (κ2) is 4.84. The van der Waals surface area contributed by atoms with Gasteiger partial charge in [0, 0.05) is 18.8 Å². The third kappa shape index (κ3) is 2.28. The van der Waals surface area contributed by atoms with Crippen LogP contribution in [0.3, 0.4) is 0 Å². The van der Waals surface area contributed by atoms with E-state index in [1.807, 2.05) is 12.1 Å². The molecule has 0 amide bonds. The number of nitrogens with one attached hydrogen (secondary N) is 1. The predicted molar refractivity (Wildman–Crippen MR) is 66.7 cm³/mol. The highest BCUT2D eigenvalue weighted by Crippen LogP contribution is 2.11. The maximum absolute atomic E-state index is 5.08. The Morgan fingerprint density at radius 1 is 1.37 bits per heavy atom. The fourth-order valence-electron chi connectivity index (χ4n) is 1.66. The average molecular weight is 257 g/mol. The minimum absolute atomic E-state index is 0.582. The first-order chi connectivity index (χ1) is 9.36. The highest BCUT2D eigenvalue weighted by atomic mass is 16.5. The van der Waals surface area contributed by atoms with Crippen molar-refractivity contribution in [1.82, 2.24) is 30.0 Å². The van der Waals surface area contributed by atoms with E-state index in [0.29, 0.717) is 18.1 Å². The molecule has 0 aromatic carbocycles. The molecule has 19 heavy (non-hydrogen) atoms. The van der Waals surface area contributed by atoms with Gasteiger partial charge in [-0.05, 0) is 22.1 Å². The van der Waals surface area contributed by atoms with Gasteiger partial charge < -0.3 is 10.1 Å². The van der Waals surface area contributed by atoms with E-state index in [2.05, 4.69) is 30.8 Å². The molecule has 0 radical (unpaired) electrons. The van der Waals surface area contributed by atoms with Crippen LogP contribution in [0.25, 0.3) is 5.65 Å². The van der Waals surface area contributed by atoms with Gasteiger partial charge in [0.2, 0.25) is 5.88 Å². The van der Waals surface area contributed by atoms with Gasteiger partial charge >= 0.3 is 0 Å². The normalized spacial score (nSPS) is 10.6. The molecule has 8 heteroatoms. The minimum atomic E-state index is 0.582. The van der Waals surface area contributed by atoms with E-state index in [1.54, 1.807) is 30.2 Å². The first-order valence-electron chi connectivity index (χ1n) is 5.62. The zero-order valence-corrected chi connectivity index (χ0v) is 10.2. The van der Waals surface area contributed by atoms with E-state index < -0.39 is 0 Å². The smallest absolute Gasteiger partial charge is 0.213 e. The summed E-state index contributed by atoms with van der Waals surface area (Å²) in [7, 11) is 1.59. The van der Waals surface area contributed by atoms with Crippen LogP contribution in [0.4, 0.5) is 5.82 Å². The molecule has 3 aromatic rings. The molecule has 0 bridgehead atoms. The van der Waals surface area contributed by atoms with E-state index in [0.717, 1.165) is 11.4 Å². The topological polar surface area (TPSA) is 90.1 Å². The number of methoxy groups -OCH3 is 1. The van der Waals surface area contributed by atoms with Crippen LogP contribution in [-0.4, -0.2) is 37.1 Å². The molecular weight excluding hydrogens is 246 g/mol. The van der Waals surface area contributed by atoms with Crippen LogP contribution in [0.5, 0.6) is 5.88 Å². The van der Waals surface area contributed by atoms with Gasteiger partial charge in [0.05, 0.1) is 19.5 Å². The first kappa shape index (κ1) is 11.3. The summed E-state index contributed by atoms with van der Waals surface area (Å²) in [6, 6.07) is 3.77. The maximum atomic E-state index is 5.08. The minimum Gasteiger partial charge on any atom is -0.481 e. The third-order valence-electron chi connectivity index (χ3n) is 2.59. The number of hydrogen-bond acceptors (Lipinski definition) is 7. The molecule has 0 saturated carbocycles. The zero-order chi connectivity index (χ0) is 13.1. The molecule has 0 fully saturated rings. The number of anilines is 1. The molecule has 8 nitrogen and oxygen atoms in total. The number of rotatable bonds is 4. The summed E-state index contributed by atoms with van der Waals surface area (Å²) in [6.45, 7) is 0.597. The predicted octanol–water partition coefficient (Wildman–Crippen LogP) is 0.535. The molecule has 0 atom stereocenters. The van der Waals surface area contributed by atoms with Crippen LogP contribution in [0.2, 0.25) is 0 Å². The van der Waals surface area contributed by atoms with Gasteiger partial charge in [-0.3, -0.25) is 4.98 Å². The molecule has 0 aliphatic rings. The number of tetrazole rings is 1. The van der Waals surface area contributed by atoms with Crippen molar-refractivity contribution >= 4 is 11.5 Å². The summed E-state index contributed by atoms with van der Waals surface area (Å²) in [4.78, 5) is 8.12. The number of pyridine rings is 1. The van der Waals surface area contributed by atoms with Crippen LogP contribution in [0.1, 0.15) is 5.56 Å². The number of aromatic nitrogens is 6. The number of ether oxygens (including phenoxy) is 1. The van der Waals surface area contributed by atoms with Crippen molar-refractivity contribution in [2.45, 2.75) is 6.54 Å². The largest absolute Gasteiger partial charge is 0.481 e. The van der Waals surface area contributed by atoms with E-state index in [-0.39, 0.29) is 0 Å². The Morgan fingerprint density at radius 3 is 3.21 bits per heavy atom. The lowest BCUT2D eigenvalue weighted by Crippen LogP contribution is -2.06. The van der Waals surface area contributed by atoms with Gasteiger partial charge in [-0.25, -0.2) is 4.98 Å². The van der Waals surface area contributed by atoms with Crippen molar-refractivity contribution in [2.75, 3.05) is 12.4 Å². The summed E-state index contributed by atoms with van der Waals surface area (Å²) < 4.78 is 6.66. The highest BCUT2D eigenvalue weighted by Gasteiger charge is 2.04. The van der Waals surface area contributed by atoms with Gasteiger partial charge in [0.15, 0.2) is 11.5 Å². The fraction of sp³-hybridized carbons (Fsp3) is 0.182. The summed E-state index contributed by atoms with van der Waals surface area (Å²) in [5.41, 5.74) is 1.63. The van der Waals surface area contributed by atoms with Gasteiger partial charge in [-0.15, -0.1) is 5.10 Å². The van der Waals surface area contributed by atoms with E-state index >= 15 is 0 Å². The summed E-state index contributed by atoms with van der Waals surface area (Å²) >= 11 is 0.